The summed E-state index contributed by atoms with van der Waals surface area (Å²) in [7, 11) is 0. The fourth-order valence-electron chi connectivity index (χ4n) is 3.25. The van der Waals surface area contributed by atoms with Gasteiger partial charge in [-0.2, -0.15) is 0 Å². The first-order chi connectivity index (χ1) is 11.9. The fraction of sp³-hybridized carbons (Fsp3) is 0.400. The smallest absolute Gasteiger partial charge is 0.261 e. The van der Waals surface area contributed by atoms with E-state index in [0.29, 0.717) is 0 Å². The van der Waals surface area contributed by atoms with Crippen LogP contribution in [0.1, 0.15) is 59.9 Å². The van der Waals surface area contributed by atoms with E-state index >= 15 is 0 Å². The van der Waals surface area contributed by atoms with Gasteiger partial charge in [0.2, 0.25) is 0 Å². The molecule has 0 unspecified atom stereocenters. The highest BCUT2D eigenvalue weighted by Gasteiger charge is 2.24. The molecule has 1 atom stereocenters. The number of carbonyl (C=O) groups is 1. The first kappa shape index (κ1) is 17.3. The first-order valence-corrected chi connectivity index (χ1v) is 8.84. The van der Waals surface area contributed by atoms with Gasteiger partial charge in [-0.05, 0) is 63.8 Å². The summed E-state index contributed by atoms with van der Waals surface area (Å²) >= 11 is 0. The molecule has 5 heteroatoms. The van der Waals surface area contributed by atoms with Crippen molar-refractivity contribution in [2.24, 2.45) is 0 Å². The molecule has 5 nitrogen and oxygen atoms in total. The van der Waals surface area contributed by atoms with E-state index in [1.807, 2.05) is 13.8 Å². The van der Waals surface area contributed by atoms with Crippen molar-refractivity contribution in [1.29, 1.82) is 0 Å². The number of aromatic nitrogens is 1. The molecule has 0 saturated heterocycles. The summed E-state index contributed by atoms with van der Waals surface area (Å²) in [6.07, 6.45) is 2.81. The number of amides is 1. The molecule has 3 rings (SSSR count). The van der Waals surface area contributed by atoms with Crippen LogP contribution < -0.4 is 16.2 Å². The molecule has 1 amide bonds. The van der Waals surface area contributed by atoms with Crippen LogP contribution in [0.5, 0.6) is 0 Å². The van der Waals surface area contributed by atoms with Crippen molar-refractivity contribution in [1.82, 2.24) is 10.3 Å². The van der Waals surface area contributed by atoms with Crippen LogP contribution in [0.15, 0.2) is 35.1 Å². The van der Waals surface area contributed by atoms with Crippen LogP contribution in [-0.4, -0.2) is 16.9 Å². The summed E-state index contributed by atoms with van der Waals surface area (Å²) in [4.78, 5) is 27.5. The van der Waals surface area contributed by atoms with Gasteiger partial charge in [0.25, 0.3) is 11.5 Å². The number of H-pyrrole nitrogens is 1. The molecule has 0 bridgehead atoms. The van der Waals surface area contributed by atoms with E-state index in [2.05, 4.69) is 46.8 Å². The topological polar surface area (TPSA) is 74.0 Å². The molecule has 132 valence electrons. The van der Waals surface area contributed by atoms with Crippen molar-refractivity contribution in [2.75, 3.05) is 5.32 Å². The molecule has 0 aliphatic heterocycles. The van der Waals surface area contributed by atoms with Crippen molar-refractivity contribution < 1.29 is 4.79 Å². The van der Waals surface area contributed by atoms with Gasteiger partial charge in [0.15, 0.2) is 0 Å². The molecular weight excluding hydrogens is 314 g/mol. The Kier molecular flexibility index (Phi) is 4.93. The Hall–Kier alpha value is -2.56. The van der Waals surface area contributed by atoms with Gasteiger partial charge >= 0.3 is 0 Å². The quantitative estimate of drug-likeness (QED) is 0.800. The molecule has 2 aromatic rings. The predicted molar refractivity (Wildman–Crippen MR) is 100 cm³/mol. The number of carbonyl (C=O) groups excluding carboxylic acids is 1. The zero-order valence-electron chi connectivity index (χ0n) is 15.0. The van der Waals surface area contributed by atoms with Crippen molar-refractivity contribution in [3.63, 3.8) is 0 Å². The van der Waals surface area contributed by atoms with Gasteiger partial charge in [0, 0.05) is 17.4 Å². The summed E-state index contributed by atoms with van der Waals surface area (Å²) in [5.74, 6) is -0.321. The summed E-state index contributed by atoms with van der Waals surface area (Å²) in [6, 6.07) is 10.1. The average molecular weight is 339 g/mol. The number of aryl methyl sites for hydroxylation is 2. The molecule has 1 aromatic carbocycles. The van der Waals surface area contributed by atoms with Crippen LogP contribution in [0.3, 0.4) is 0 Å². The summed E-state index contributed by atoms with van der Waals surface area (Å²) < 4.78 is 0. The number of anilines is 1. The Morgan fingerprint density at radius 3 is 2.64 bits per heavy atom. The molecule has 0 radical (unpaired) electrons. The van der Waals surface area contributed by atoms with E-state index < -0.39 is 0 Å². The second-order valence-corrected chi connectivity index (χ2v) is 7.03. The minimum atomic E-state index is -0.321. The largest absolute Gasteiger partial charge is 0.378 e. The molecule has 25 heavy (non-hydrogen) atoms. The molecule has 0 fully saturated rings. The minimum Gasteiger partial charge on any atom is -0.378 e. The van der Waals surface area contributed by atoms with Crippen LogP contribution in [-0.2, 0) is 6.42 Å². The molecule has 1 aliphatic carbocycles. The summed E-state index contributed by atoms with van der Waals surface area (Å²) in [5, 5.41) is 6.33. The van der Waals surface area contributed by atoms with Crippen LogP contribution in [0.2, 0.25) is 0 Å². The van der Waals surface area contributed by atoms with Crippen LogP contribution in [0, 0.1) is 6.92 Å². The molecule has 0 spiro atoms. The lowest BCUT2D eigenvalue weighted by molar-refractivity contribution is 0.0941. The lowest BCUT2D eigenvalue weighted by Gasteiger charge is -2.27. The molecular formula is C20H25N3O2. The molecule has 3 N–H and O–H groups in total. The molecule has 1 aliphatic rings. The van der Waals surface area contributed by atoms with Gasteiger partial charge in [0.05, 0.1) is 6.04 Å². The Labute approximate surface area is 147 Å². The van der Waals surface area contributed by atoms with Crippen LogP contribution in [0.25, 0.3) is 0 Å². The minimum absolute atomic E-state index is 0.00980. The summed E-state index contributed by atoms with van der Waals surface area (Å²) in [5.41, 5.74) is 4.08. The SMILES string of the molecule is Cc1ccc(N[C@H]2CCCc3[nH]c(=O)c(C(=O)NC(C)C)cc32)cc1. The Bertz CT molecular complexity index is 822. The number of nitrogens with one attached hydrogen (secondary N) is 3. The van der Waals surface area contributed by atoms with Crippen molar-refractivity contribution in [2.45, 2.75) is 52.1 Å². The number of hydrogen-bond donors (Lipinski definition) is 3. The third kappa shape index (κ3) is 3.92. The molecule has 1 heterocycles. The van der Waals surface area contributed by atoms with Gasteiger partial charge in [-0.25, -0.2) is 0 Å². The Balaban J connectivity index is 1.92. The number of rotatable bonds is 4. The monoisotopic (exact) mass is 339 g/mol. The predicted octanol–water partition coefficient (Wildman–Crippen LogP) is 3.31. The number of pyridine rings is 1. The van der Waals surface area contributed by atoms with E-state index in [0.717, 1.165) is 36.2 Å². The maximum Gasteiger partial charge on any atom is 0.261 e. The van der Waals surface area contributed by atoms with Gasteiger partial charge in [-0.1, -0.05) is 17.7 Å². The standard InChI is InChI=1S/C20H25N3O2/c1-12(2)21-19(24)16-11-15-17(5-4-6-18(15)23-20(16)25)22-14-9-7-13(3)8-10-14/h7-12,17,22H,4-6H2,1-3H3,(H,21,24)(H,23,25)/t17-/m0/s1. The van der Waals surface area contributed by atoms with Crippen molar-refractivity contribution in [3.05, 3.63) is 63.1 Å². The van der Waals surface area contributed by atoms with E-state index in [-0.39, 0.29) is 29.1 Å². The highest BCUT2D eigenvalue weighted by atomic mass is 16.2. The summed E-state index contributed by atoms with van der Waals surface area (Å²) in [6.45, 7) is 5.82. The maximum absolute atomic E-state index is 12.3. The molecule has 1 aromatic heterocycles. The normalized spacial score (nSPS) is 16.4. The zero-order chi connectivity index (χ0) is 18.0. The van der Waals surface area contributed by atoms with Crippen molar-refractivity contribution in [3.8, 4) is 0 Å². The highest BCUT2D eigenvalue weighted by molar-refractivity contribution is 5.94. The van der Waals surface area contributed by atoms with E-state index in [1.165, 1.54) is 5.56 Å². The fourth-order valence-corrected chi connectivity index (χ4v) is 3.25. The van der Waals surface area contributed by atoms with Gasteiger partial charge < -0.3 is 15.6 Å². The first-order valence-electron chi connectivity index (χ1n) is 8.84. The van der Waals surface area contributed by atoms with E-state index in [1.54, 1.807) is 6.07 Å². The second-order valence-electron chi connectivity index (χ2n) is 7.03. The average Bonchev–Trinajstić information content (AvgIpc) is 2.56. The van der Waals surface area contributed by atoms with E-state index in [9.17, 15) is 9.59 Å². The third-order valence-corrected chi connectivity index (χ3v) is 4.51. The number of hydrogen-bond acceptors (Lipinski definition) is 3. The van der Waals surface area contributed by atoms with Gasteiger partial charge in [-0.3, -0.25) is 9.59 Å². The number of aromatic amines is 1. The molecule has 0 saturated carbocycles. The van der Waals surface area contributed by atoms with Crippen molar-refractivity contribution >= 4 is 11.6 Å². The number of benzene rings is 1. The second kappa shape index (κ2) is 7.13. The van der Waals surface area contributed by atoms with Gasteiger partial charge in [0.1, 0.15) is 5.56 Å². The van der Waals surface area contributed by atoms with Crippen LogP contribution in [0.4, 0.5) is 5.69 Å². The number of fused-ring (bicyclic) bond motifs is 1. The third-order valence-electron chi connectivity index (χ3n) is 4.51. The maximum atomic E-state index is 12.3. The zero-order valence-corrected chi connectivity index (χ0v) is 15.0. The van der Waals surface area contributed by atoms with Gasteiger partial charge in [-0.15, -0.1) is 0 Å². The Morgan fingerprint density at radius 1 is 1.24 bits per heavy atom. The lowest BCUT2D eigenvalue weighted by Crippen LogP contribution is -2.35. The Morgan fingerprint density at radius 2 is 1.96 bits per heavy atom. The lowest BCUT2D eigenvalue weighted by atomic mass is 9.90. The van der Waals surface area contributed by atoms with E-state index in [4.69, 9.17) is 0 Å². The van der Waals surface area contributed by atoms with Crippen LogP contribution >= 0.6 is 0 Å². The highest BCUT2D eigenvalue weighted by Crippen LogP contribution is 2.31.